The summed E-state index contributed by atoms with van der Waals surface area (Å²) in [5.41, 5.74) is 2.69. The van der Waals surface area contributed by atoms with Gasteiger partial charge in [-0.2, -0.15) is 18.4 Å². The number of imidazole rings is 1. The molecular formula is C35H30ClF4N7O2. The zero-order chi connectivity index (χ0) is 34.1. The van der Waals surface area contributed by atoms with Gasteiger partial charge in [0.05, 0.1) is 34.6 Å². The van der Waals surface area contributed by atoms with Crippen LogP contribution in [0.3, 0.4) is 0 Å². The number of aromatic nitrogens is 5. The normalized spacial score (nSPS) is 20.5. The van der Waals surface area contributed by atoms with Crippen molar-refractivity contribution < 1.29 is 27.0 Å². The largest absolute Gasteiger partial charge is 0.451 e. The highest BCUT2D eigenvalue weighted by Crippen LogP contribution is 2.50. The van der Waals surface area contributed by atoms with Crippen molar-refractivity contribution in [1.82, 2.24) is 29.6 Å². The molecule has 1 atom stereocenters. The van der Waals surface area contributed by atoms with Gasteiger partial charge in [-0.1, -0.05) is 23.7 Å². The smallest absolute Gasteiger partial charge is 0.444 e. The molecule has 0 spiro atoms. The van der Waals surface area contributed by atoms with Crippen LogP contribution in [0.5, 0.6) is 11.5 Å². The van der Waals surface area contributed by atoms with E-state index in [1.807, 2.05) is 24.3 Å². The average molecular weight is 692 g/mol. The van der Waals surface area contributed by atoms with Crippen molar-refractivity contribution in [2.45, 2.75) is 63.6 Å². The topological polar surface area (TPSA) is 105 Å². The van der Waals surface area contributed by atoms with Crippen LogP contribution in [-0.2, 0) is 25.1 Å². The number of benzene rings is 3. The van der Waals surface area contributed by atoms with E-state index in [4.69, 9.17) is 26.1 Å². The van der Waals surface area contributed by atoms with Crippen molar-refractivity contribution in [3.8, 4) is 29.0 Å². The molecule has 2 aliphatic heterocycles. The Morgan fingerprint density at radius 1 is 1.06 bits per heavy atom. The number of H-pyrrole nitrogens is 1. The summed E-state index contributed by atoms with van der Waals surface area (Å²) in [5.74, 6) is -0.829. The van der Waals surface area contributed by atoms with Crippen LogP contribution in [0.1, 0.15) is 61.3 Å². The van der Waals surface area contributed by atoms with Crippen LogP contribution >= 0.6 is 11.6 Å². The molecule has 0 amide bonds. The summed E-state index contributed by atoms with van der Waals surface area (Å²) in [6, 6.07) is 17.9. The number of likely N-dealkylation sites (tertiary alicyclic amines) is 1. The van der Waals surface area contributed by atoms with E-state index >= 15 is 0 Å². The predicted molar refractivity (Wildman–Crippen MR) is 171 cm³/mol. The molecule has 5 aromatic rings. The van der Waals surface area contributed by atoms with E-state index in [0.717, 1.165) is 55.7 Å². The van der Waals surface area contributed by atoms with Crippen LogP contribution in [0, 0.1) is 22.6 Å². The zero-order valence-corrected chi connectivity index (χ0v) is 27.1. The number of nitriles is 1. The minimum absolute atomic E-state index is 0.00322. The van der Waals surface area contributed by atoms with Crippen molar-refractivity contribution >= 4 is 22.6 Å². The summed E-state index contributed by atoms with van der Waals surface area (Å²) in [4.78, 5) is 9.51. The Morgan fingerprint density at radius 2 is 1.86 bits per heavy atom. The molecule has 0 radical (unpaired) electrons. The molecule has 8 rings (SSSR count). The van der Waals surface area contributed by atoms with Gasteiger partial charge in [0.15, 0.2) is 17.3 Å². The average Bonchev–Trinajstić information content (AvgIpc) is 3.35. The van der Waals surface area contributed by atoms with Crippen LogP contribution in [0.4, 0.5) is 17.6 Å². The Kier molecular flexibility index (Phi) is 7.38. The summed E-state index contributed by atoms with van der Waals surface area (Å²) in [6.45, 7) is 4.28. The maximum atomic E-state index is 14.9. The van der Waals surface area contributed by atoms with Crippen LogP contribution in [0.15, 0.2) is 54.6 Å². The highest BCUT2D eigenvalue weighted by atomic mass is 35.5. The molecule has 3 aliphatic rings. The highest BCUT2D eigenvalue weighted by molar-refractivity contribution is 6.30. The number of hydrogen-bond donors (Lipinski definition) is 1. The molecule has 1 unspecified atom stereocenters. The van der Waals surface area contributed by atoms with Gasteiger partial charge in [0.1, 0.15) is 11.6 Å². The molecular weight excluding hydrogens is 662 g/mol. The van der Waals surface area contributed by atoms with Crippen LogP contribution in [-0.4, -0.2) is 42.7 Å². The molecule has 1 saturated carbocycles. The third kappa shape index (κ3) is 5.76. The first-order valence-electron chi connectivity index (χ1n) is 16.0. The second-order valence-electron chi connectivity index (χ2n) is 13.2. The molecule has 0 bridgehead atoms. The number of halogens is 5. The van der Waals surface area contributed by atoms with Gasteiger partial charge >= 0.3 is 6.18 Å². The molecule has 4 heterocycles. The number of piperidine rings is 1. The SMILES string of the molecule is CC1(c2ccc(Cl)cc2F)Oc2cccc(C3CCN(Cc4nc5cc(-c6nnc(C(F)(F)F)[nH]6)ccc5n4CC4(C#N)CC4)CC3)c2O1. The van der Waals surface area contributed by atoms with E-state index in [1.54, 1.807) is 31.2 Å². The second-order valence-corrected chi connectivity index (χ2v) is 13.7. The summed E-state index contributed by atoms with van der Waals surface area (Å²) >= 11 is 5.98. The van der Waals surface area contributed by atoms with Crippen molar-refractivity contribution in [2.24, 2.45) is 5.41 Å². The minimum Gasteiger partial charge on any atom is -0.444 e. The van der Waals surface area contributed by atoms with Gasteiger partial charge in [-0.3, -0.25) is 4.90 Å². The van der Waals surface area contributed by atoms with E-state index in [-0.39, 0.29) is 17.3 Å². The Morgan fingerprint density at radius 3 is 2.55 bits per heavy atom. The van der Waals surface area contributed by atoms with Crippen LogP contribution in [0.2, 0.25) is 5.02 Å². The molecule has 2 fully saturated rings. The Hall–Kier alpha value is -4.67. The van der Waals surface area contributed by atoms with Gasteiger partial charge in [0, 0.05) is 29.6 Å². The lowest BCUT2D eigenvalue weighted by molar-refractivity contribution is -0.144. The van der Waals surface area contributed by atoms with E-state index in [9.17, 15) is 22.8 Å². The molecule has 3 aromatic carbocycles. The molecule has 252 valence electrons. The third-order valence-corrected chi connectivity index (χ3v) is 10.1. The Labute approximate surface area is 283 Å². The third-order valence-electron chi connectivity index (χ3n) is 9.83. The zero-order valence-electron chi connectivity index (χ0n) is 26.3. The van der Waals surface area contributed by atoms with E-state index in [1.165, 1.54) is 6.07 Å². The molecule has 2 aromatic heterocycles. The van der Waals surface area contributed by atoms with Crippen molar-refractivity contribution in [3.05, 3.63) is 88.2 Å². The van der Waals surface area contributed by atoms with E-state index in [2.05, 4.69) is 30.7 Å². The lowest BCUT2D eigenvalue weighted by Gasteiger charge is -2.32. The van der Waals surface area contributed by atoms with Crippen molar-refractivity contribution in [2.75, 3.05) is 13.1 Å². The fraction of sp³-hybridized carbons (Fsp3) is 0.371. The maximum absolute atomic E-state index is 14.9. The Balaban J connectivity index is 1.01. The number of fused-ring (bicyclic) bond motifs is 2. The number of para-hydroxylation sites is 1. The number of hydrogen-bond acceptors (Lipinski definition) is 7. The molecule has 1 aliphatic carbocycles. The number of nitrogens with one attached hydrogen (secondary N) is 1. The van der Waals surface area contributed by atoms with E-state index in [0.29, 0.717) is 40.7 Å². The second kappa shape index (κ2) is 11.5. The van der Waals surface area contributed by atoms with Gasteiger partial charge in [0.2, 0.25) is 5.82 Å². The molecule has 49 heavy (non-hydrogen) atoms. The molecule has 14 heteroatoms. The monoisotopic (exact) mass is 691 g/mol. The van der Waals surface area contributed by atoms with Gasteiger partial charge in [-0.25, -0.2) is 9.37 Å². The fourth-order valence-corrected chi connectivity index (χ4v) is 7.10. The number of aromatic amines is 1. The summed E-state index contributed by atoms with van der Waals surface area (Å²) in [5, 5.41) is 17.1. The maximum Gasteiger partial charge on any atom is 0.451 e. The minimum atomic E-state index is -4.63. The predicted octanol–water partition coefficient (Wildman–Crippen LogP) is 7.96. The Bertz CT molecular complexity index is 2130. The lowest BCUT2D eigenvalue weighted by atomic mass is 9.88. The first kappa shape index (κ1) is 31.6. The quantitative estimate of drug-likeness (QED) is 0.173. The molecule has 1 N–H and O–H groups in total. The van der Waals surface area contributed by atoms with E-state index < -0.39 is 29.0 Å². The first-order chi connectivity index (χ1) is 23.4. The van der Waals surface area contributed by atoms with Gasteiger partial charge in [0.25, 0.3) is 5.79 Å². The van der Waals surface area contributed by atoms with Crippen molar-refractivity contribution in [1.29, 1.82) is 5.26 Å². The highest BCUT2D eigenvalue weighted by Gasteiger charge is 2.45. The van der Waals surface area contributed by atoms with Gasteiger partial charge in [-0.15, -0.1) is 10.2 Å². The first-order valence-corrected chi connectivity index (χ1v) is 16.4. The van der Waals surface area contributed by atoms with Gasteiger partial charge < -0.3 is 19.0 Å². The molecule has 9 nitrogen and oxygen atoms in total. The number of rotatable bonds is 7. The van der Waals surface area contributed by atoms with Crippen molar-refractivity contribution in [3.63, 3.8) is 0 Å². The summed E-state index contributed by atoms with van der Waals surface area (Å²) < 4.78 is 68.9. The summed E-state index contributed by atoms with van der Waals surface area (Å²) in [6.07, 6.45) is -1.34. The molecule has 1 saturated heterocycles. The standard InChI is InChI=1S/C35H30ClF4N7O2/c1-33(24-7-6-22(36)16-25(24)37)48-28-4-2-3-23(30(28)49-33)20-9-13-46(14-10-20)17-29-42-26-15-21(31-43-32(45-44-31)35(38,39)40)5-8-27(26)47(29)19-34(18-41)11-12-34/h2-8,15-16,20H,9-14,17,19H2,1H3,(H,43,44,45). The number of ether oxygens (including phenoxy) is 2. The lowest BCUT2D eigenvalue weighted by Crippen LogP contribution is -2.34. The van der Waals surface area contributed by atoms with Crippen LogP contribution < -0.4 is 9.47 Å². The number of alkyl halides is 3. The van der Waals surface area contributed by atoms with Gasteiger partial charge in [-0.05, 0) is 87.2 Å². The van der Waals surface area contributed by atoms with Crippen LogP contribution in [0.25, 0.3) is 22.4 Å². The summed E-state index contributed by atoms with van der Waals surface area (Å²) in [7, 11) is 0. The fourth-order valence-electron chi connectivity index (χ4n) is 6.94. The number of nitrogens with zero attached hydrogens (tertiary/aromatic N) is 6.